The third kappa shape index (κ3) is 7.95. The number of likely N-dealkylation sites (tertiary alicyclic amines) is 1. The maximum absolute atomic E-state index is 13.3. The molecule has 0 unspecified atom stereocenters. The van der Waals surface area contributed by atoms with Crippen molar-refractivity contribution < 1.29 is 13.8 Å². The van der Waals surface area contributed by atoms with E-state index in [1.54, 1.807) is 12.1 Å². The quantitative estimate of drug-likeness (QED) is 0.217. The van der Waals surface area contributed by atoms with Gasteiger partial charge in [-0.05, 0) is 81.8 Å². The standard InChI is InChI=1S/C26H36FN5OS/c1-3-31(4-2)24-13-10-22(25(18-24)33-20-21-8-11-23(27)12-9-21)19-32(29-26(28)34)17-16-30-14-6-5-7-15-30/h8-13,18-19H,3-7,14-17,20H2,1-2H3,(H2-,28,29,34)/p+1. The topological polar surface area (TPSA) is 56.8 Å². The van der Waals surface area contributed by atoms with Crippen LogP contribution in [-0.2, 0) is 6.61 Å². The van der Waals surface area contributed by atoms with Gasteiger partial charge in [0, 0.05) is 24.8 Å². The first kappa shape index (κ1) is 25.9. The van der Waals surface area contributed by atoms with E-state index in [0.29, 0.717) is 6.61 Å². The van der Waals surface area contributed by atoms with Crippen molar-refractivity contribution in [3.63, 3.8) is 0 Å². The molecule has 3 N–H and O–H groups in total. The molecule has 1 fully saturated rings. The minimum atomic E-state index is -0.255. The summed E-state index contributed by atoms with van der Waals surface area (Å²) in [4.78, 5) is 4.75. The summed E-state index contributed by atoms with van der Waals surface area (Å²) in [5, 5.41) is 0.225. The van der Waals surface area contributed by atoms with E-state index < -0.39 is 0 Å². The lowest BCUT2D eigenvalue weighted by atomic mass is 10.1. The fourth-order valence-corrected chi connectivity index (χ4v) is 4.29. The summed E-state index contributed by atoms with van der Waals surface area (Å²) in [6.07, 6.45) is 5.81. The molecule has 8 heteroatoms. The molecule has 1 saturated heterocycles. The Morgan fingerprint density at radius 1 is 1.15 bits per heavy atom. The van der Waals surface area contributed by atoms with Crippen molar-refractivity contribution in [3.8, 4) is 5.75 Å². The Hall–Kier alpha value is -2.71. The maximum atomic E-state index is 13.3. The molecule has 0 aromatic heterocycles. The molecule has 0 bridgehead atoms. The Labute approximate surface area is 208 Å². The van der Waals surface area contributed by atoms with Crippen LogP contribution in [0.2, 0.25) is 0 Å². The van der Waals surface area contributed by atoms with Gasteiger partial charge >= 0.3 is 0 Å². The highest BCUT2D eigenvalue weighted by molar-refractivity contribution is 7.80. The van der Waals surface area contributed by atoms with Crippen LogP contribution in [0.3, 0.4) is 0 Å². The highest BCUT2D eigenvalue weighted by Crippen LogP contribution is 2.26. The summed E-state index contributed by atoms with van der Waals surface area (Å²) in [6.45, 7) is 10.4. The number of thiocarbonyl (C=S) groups is 1. The normalized spacial score (nSPS) is 14.6. The van der Waals surface area contributed by atoms with Crippen LogP contribution in [0.15, 0.2) is 42.5 Å². The molecule has 0 radical (unpaired) electrons. The number of hydrazone groups is 1. The molecule has 1 aliphatic rings. The minimum Gasteiger partial charge on any atom is -0.488 e. The van der Waals surface area contributed by atoms with E-state index in [4.69, 9.17) is 22.7 Å². The van der Waals surface area contributed by atoms with Crippen LogP contribution in [0.4, 0.5) is 10.1 Å². The van der Waals surface area contributed by atoms with Crippen molar-refractivity contribution in [1.29, 1.82) is 0 Å². The summed E-state index contributed by atoms with van der Waals surface area (Å²) in [6, 6.07) is 12.6. The Kier molecular flexibility index (Phi) is 10.1. The number of anilines is 1. The molecule has 34 heavy (non-hydrogen) atoms. The van der Waals surface area contributed by atoms with Gasteiger partial charge in [0.2, 0.25) is 11.3 Å². The first-order chi connectivity index (χ1) is 16.5. The van der Waals surface area contributed by atoms with Crippen LogP contribution >= 0.6 is 12.2 Å². The molecule has 0 atom stereocenters. The second kappa shape index (κ2) is 13.2. The molecular weight excluding hydrogens is 449 g/mol. The molecule has 0 saturated carbocycles. The lowest BCUT2D eigenvalue weighted by Gasteiger charge is -2.25. The van der Waals surface area contributed by atoms with Crippen molar-refractivity contribution in [2.75, 3.05) is 44.2 Å². The van der Waals surface area contributed by atoms with E-state index in [9.17, 15) is 4.39 Å². The van der Waals surface area contributed by atoms with Gasteiger partial charge in [0.25, 0.3) is 0 Å². The van der Waals surface area contributed by atoms with Crippen LogP contribution in [0.5, 0.6) is 5.75 Å². The first-order valence-electron chi connectivity index (χ1n) is 12.1. The van der Waals surface area contributed by atoms with Crippen LogP contribution in [0, 0.1) is 5.82 Å². The van der Waals surface area contributed by atoms with Gasteiger partial charge < -0.3 is 15.4 Å². The SMILES string of the molecule is CCN(CC)c1ccc(C=[N+](CCN2CCCCC2)NC(N)=S)c(OCc2ccc(F)cc2)c1. The Morgan fingerprint density at radius 2 is 1.85 bits per heavy atom. The number of ether oxygens (including phenoxy) is 1. The van der Waals surface area contributed by atoms with Gasteiger partial charge in [-0.2, -0.15) is 0 Å². The highest BCUT2D eigenvalue weighted by atomic mass is 32.1. The number of hydrogen-bond donors (Lipinski definition) is 2. The van der Waals surface area contributed by atoms with Gasteiger partial charge in [-0.25, -0.2) is 4.39 Å². The van der Waals surface area contributed by atoms with Gasteiger partial charge in [0.15, 0.2) is 6.54 Å². The average molecular weight is 487 g/mol. The fraction of sp³-hybridized carbons (Fsp3) is 0.462. The van der Waals surface area contributed by atoms with Gasteiger partial charge in [-0.3, -0.25) is 4.90 Å². The number of hydrogen-bond acceptors (Lipinski definition) is 4. The zero-order valence-electron chi connectivity index (χ0n) is 20.3. The number of nitrogens with two attached hydrogens (primary N) is 1. The summed E-state index contributed by atoms with van der Waals surface area (Å²) in [5.74, 6) is 0.496. The van der Waals surface area contributed by atoms with Crippen molar-refractivity contribution in [2.24, 2.45) is 5.73 Å². The van der Waals surface area contributed by atoms with Crippen molar-refractivity contribution in [3.05, 3.63) is 59.4 Å². The van der Waals surface area contributed by atoms with Gasteiger partial charge in [-0.1, -0.05) is 18.6 Å². The zero-order valence-corrected chi connectivity index (χ0v) is 21.1. The fourth-order valence-electron chi connectivity index (χ4n) is 4.18. The van der Waals surface area contributed by atoms with Crippen LogP contribution in [0.25, 0.3) is 0 Å². The van der Waals surface area contributed by atoms with E-state index in [1.165, 1.54) is 31.4 Å². The van der Waals surface area contributed by atoms with Crippen molar-refractivity contribution in [1.82, 2.24) is 10.3 Å². The van der Waals surface area contributed by atoms with E-state index in [0.717, 1.165) is 61.8 Å². The van der Waals surface area contributed by atoms with Crippen LogP contribution < -0.4 is 20.8 Å². The molecule has 2 aromatic carbocycles. The smallest absolute Gasteiger partial charge is 0.221 e. The molecule has 0 aliphatic carbocycles. The monoisotopic (exact) mass is 486 g/mol. The number of hydrazine groups is 1. The molecule has 184 valence electrons. The molecule has 2 aromatic rings. The molecule has 0 spiro atoms. The molecule has 1 heterocycles. The van der Waals surface area contributed by atoms with E-state index >= 15 is 0 Å². The summed E-state index contributed by atoms with van der Waals surface area (Å²) >= 11 is 5.13. The summed E-state index contributed by atoms with van der Waals surface area (Å²) in [5.41, 5.74) is 11.8. The summed E-state index contributed by atoms with van der Waals surface area (Å²) < 4.78 is 21.5. The molecule has 1 aliphatic heterocycles. The Balaban J connectivity index is 1.85. The van der Waals surface area contributed by atoms with Crippen LogP contribution in [0.1, 0.15) is 44.2 Å². The van der Waals surface area contributed by atoms with E-state index in [-0.39, 0.29) is 10.9 Å². The Morgan fingerprint density at radius 3 is 2.50 bits per heavy atom. The third-order valence-electron chi connectivity index (χ3n) is 6.09. The lowest BCUT2D eigenvalue weighted by Crippen LogP contribution is -2.43. The lowest BCUT2D eigenvalue weighted by molar-refractivity contribution is -0.565. The van der Waals surface area contributed by atoms with Crippen LogP contribution in [-0.4, -0.2) is 60.2 Å². The second-order valence-electron chi connectivity index (χ2n) is 8.51. The van der Waals surface area contributed by atoms with E-state index in [1.807, 2.05) is 10.9 Å². The second-order valence-corrected chi connectivity index (χ2v) is 8.95. The maximum Gasteiger partial charge on any atom is 0.221 e. The Bertz CT molecular complexity index is 956. The predicted octanol–water partition coefficient (Wildman–Crippen LogP) is 3.92. The van der Waals surface area contributed by atoms with Gasteiger partial charge in [0.05, 0.1) is 12.1 Å². The molecule has 6 nitrogen and oxygen atoms in total. The number of piperidine rings is 1. The van der Waals surface area contributed by atoms with Gasteiger partial charge in [0.1, 0.15) is 18.2 Å². The molecule has 0 amide bonds. The minimum absolute atomic E-state index is 0.225. The highest BCUT2D eigenvalue weighted by Gasteiger charge is 2.16. The number of halogens is 1. The third-order valence-corrected chi connectivity index (χ3v) is 6.18. The largest absolute Gasteiger partial charge is 0.488 e. The average Bonchev–Trinajstić information content (AvgIpc) is 2.84. The number of nitrogens with zero attached hydrogens (tertiary/aromatic N) is 3. The number of rotatable bonds is 11. The summed E-state index contributed by atoms with van der Waals surface area (Å²) in [7, 11) is 0. The van der Waals surface area contributed by atoms with E-state index in [2.05, 4.69) is 47.3 Å². The number of benzene rings is 2. The molecule has 3 rings (SSSR count). The number of nitrogens with one attached hydrogen (secondary N) is 1. The predicted molar refractivity (Wildman–Crippen MR) is 141 cm³/mol. The molecular formula is C26H37FN5OS+. The van der Waals surface area contributed by atoms with Gasteiger partial charge in [-0.15, -0.1) is 10.1 Å². The van der Waals surface area contributed by atoms with Crippen molar-refractivity contribution in [2.45, 2.75) is 39.7 Å². The zero-order chi connectivity index (χ0) is 24.3. The van der Waals surface area contributed by atoms with Crippen molar-refractivity contribution >= 4 is 29.2 Å². The first-order valence-corrected chi connectivity index (χ1v) is 12.6.